The maximum Gasteiger partial charge on any atom is 0.250 e. The van der Waals surface area contributed by atoms with Crippen LogP contribution in [0.15, 0.2) is 53.3 Å². The quantitative estimate of drug-likeness (QED) is 0.481. The van der Waals surface area contributed by atoms with E-state index < -0.39 is 0 Å². The maximum absolute atomic E-state index is 11.8. The van der Waals surface area contributed by atoms with E-state index in [1.54, 1.807) is 30.0 Å². The van der Waals surface area contributed by atoms with Crippen molar-refractivity contribution >= 4 is 0 Å². The highest BCUT2D eigenvalue weighted by Gasteiger charge is 2.11. The number of rotatable bonds is 9. The molecule has 6 nitrogen and oxygen atoms in total. The lowest BCUT2D eigenvalue weighted by atomic mass is 10.1. The van der Waals surface area contributed by atoms with Gasteiger partial charge in [-0.15, -0.1) is 0 Å². The summed E-state index contributed by atoms with van der Waals surface area (Å²) in [6, 6.07) is 3.34. The summed E-state index contributed by atoms with van der Waals surface area (Å²) in [7, 11) is 1.66. The first-order chi connectivity index (χ1) is 13.4. The molecule has 0 radical (unpaired) electrons. The molecule has 0 saturated carbocycles. The molecule has 0 amide bonds. The van der Waals surface area contributed by atoms with Crippen LogP contribution in [0, 0.1) is 12.8 Å². The van der Waals surface area contributed by atoms with Gasteiger partial charge < -0.3 is 14.0 Å². The molecular formula is C22H29N3O3. The maximum atomic E-state index is 11.8. The molecule has 0 fully saturated rings. The zero-order valence-electron chi connectivity index (χ0n) is 17.3. The third-order valence-corrected chi connectivity index (χ3v) is 4.41. The highest BCUT2D eigenvalue weighted by atomic mass is 16.5. The SMILES string of the molecule is CCn1cc(-c2cnc(C)nc2OCC[C@@H](C)/C=C/C=C(\C)OC)ccc1=O. The molecule has 0 spiro atoms. The molecule has 0 aliphatic carbocycles. The molecule has 2 aromatic rings. The van der Waals surface area contributed by atoms with Gasteiger partial charge in [-0.05, 0) is 45.3 Å². The highest BCUT2D eigenvalue weighted by molar-refractivity contribution is 5.66. The molecule has 6 heteroatoms. The van der Waals surface area contributed by atoms with Gasteiger partial charge in [0.05, 0.1) is 25.0 Å². The third-order valence-electron chi connectivity index (χ3n) is 4.41. The van der Waals surface area contributed by atoms with Crippen molar-refractivity contribution < 1.29 is 9.47 Å². The Hall–Kier alpha value is -2.89. The molecule has 2 heterocycles. The second kappa shape index (κ2) is 10.4. The number of ether oxygens (including phenoxy) is 2. The van der Waals surface area contributed by atoms with Crippen LogP contribution in [-0.4, -0.2) is 28.3 Å². The summed E-state index contributed by atoms with van der Waals surface area (Å²) >= 11 is 0. The molecule has 0 N–H and O–H groups in total. The molecule has 0 saturated heterocycles. The first-order valence-electron chi connectivity index (χ1n) is 9.51. The van der Waals surface area contributed by atoms with Crippen LogP contribution in [0.4, 0.5) is 0 Å². The van der Waals surface area contributed by atoms with Gasteiger partial charge in [-0.3, -0.25) is 4.79 Å². The van der Waals surface area contributed by atoms with Gasteiger partial charge in [-0.2, -0.15) is 4.98 Å². The Morgan fingerprint density at radius 1 is 1.36 bits per heavy atom. The van der Waals surface area contributed by atoms with Gasteiger partial charge in [0, 0.05) is 30.6 Å². The van der Waals surface area contributed by atoms with Gasteiger partial charge in [0.1, 0.15) is 5.82 Å². The molecule has 0 unspecified atom stereocenters. The van der Waals surface area contributed by atoms with Crippen LogP contribution < -0.4 is 10.3 Å². The van der Waals surface area contributed by atoms with Gasteiger partial charge in [0.2, 0.25) is 5.88 Å². The van der Waals surface area contributed by atoms with E-state index >= 15 is 0 Å². The Kier molecular flexibility index (Phi) is 7.99. The Labute approximate surface area is 166 Å². The van der Waals surface area contributed by atoms with Gasteiger partial charge in [-0.1, -0.05) is 19.1 Å². The first-order valence-corrected chi connectivity index (χ1v) is 9.51. The topological polar surface area (TPSA) is 66.2 Å². The zero-order chi connectivity index (χ0) is 20.5. The van der Waals surface area contributed by atoms with Crippen LogP contribution in [0.5, 0.6) is 5.88 Å². The number of allylic oxidation sites excluding steroid dienone is 4. The van der Waals surface area contributed by atoms with Crippen molar-refractivity contribution in [3.05, 3.63) is 64.7 Å². The van der Waals surface area contributed by atoms with Crippen molar-refractivity contribution in [2.75, 3.05) is 13.7 Å². The van der Waals surface area contributed by atoms with Crippen LogP contribution in [0.25, 0.3) is 11.1 Å². The van der Waals surface area contributed by atoms with Crippen molar-refractivity contribution in [1.82, 2.24) is 14.5 Å². The van der Waals surface area contributed by atoms with E-state index in [0.717, 1.165) is 23.3 Å². The van der Waals surface area contributed by atoms with Gasteiger partial charge in [0.25, 0.3) is 5.56 Å². The summed E-state index contributed by atoms with van der Waals surface area (Å²) in [6.07, 6.45) is 10.5. The number of pyridine rings is 1. The Balaban J connectivity index is 2.10. The average Bonchev–Trinajstić information content (AvgIpc) is 2.68. The number of hydrogen-bond donors (Lipinski definition) is 0. The third kappa shape index (κ3) is 6.08. The smallest absolute Gasteiger partial charge is 0.250 e. The van der Waals surface area contributed by atoms with E-state index in [9.17, 15) is 4.79 Å². The monoisotopic (exact) mass is 383 g/mol. The predicted octanol–water partition coefficient (Wildman–Crippen LogP) is 4.15. The van der Waals surface area contributed by atoms with E-state index in [-0.39, 0.29) is 5.56 Å². The minimum absolute atomic E-state index is 0.0277. The second-order valence-electron chi connectivity index (χ2n) is 6.66. The fourth-order valence-electron chi connectivity index (χ4n) is 2.58. The number of hydrogen-bond acceptors (Lipinski definition) is 5. The standard InChI is InChI=1S/C22H29N3O3/c1-6-25-15-19(10-11-21(25)26)20-14-23-18(4)24-22(20)28-13-12-16(2)8-7-9-17(3)27-5/h7-11,14-16H,6,12-13H2,1-5H3/b8-7+,17-9+/t16-/m0/s1. The molecule has 150 valence electrons. The van der Waals surface area contributed by atoms with Crippen molar-refractivity contribution in [2.45, 2.75) is 40.7 Å². The summed E-state index contributed by atoms with van der Waals surface area (Å²) in [4.78, 5) is 20.6. The normalized spacial score (nSPS) is 13.0. The molecule has 28 heavy (non-hydrogen) atoms. The second-order valence-corrected chi connectivity index (χ2v) is 6.66. The number of aryl methyl sites for hydroxylation is 2. The van der Waals surface area contributed by atoms with Crippen molar-refractivity contribution in [3.8, 4) is 17.0 Å². The Bertz CT molecular complexity index is 900. The minimum atomic E-state index is -0.0277. The summed E-state index contributed by atoms with van der Waals surface area (Å²) in [5, 5.41) is 0. The van der Waals surface area contributed by atoms with Crippen LogP contribution in [0.2, 0.25) is 0 Å². The predicted molar refractivity (Wildman–Crippen MR) is 111 cm³/mol. The van der Waals surface area contributed by atoms with E-state index in [1.807, 2.05) is 39.1 Å². The molecule has 0 bridgehead atoms. The Morgan fingerprint density at radius 3 is 2.86 bits per heavy atom. The number of methoxy groups -OCH3 is 1. The highest BCUT2D eigenvalue weighted by Crippen LogP contribution is 2.27. The van der Waals surface area contributed by atoms with E-state index in [0.29, 0.717) is 30.8 Å². The van der Waals surface area contributed by atoms with Gasteiger partial charge >= 0.3 is 0 Å². The zero-order valence-corrected chi connectivity index (χ0v) is 17.3. The van der Waals surface area contributed by atoms with Crippen LogP contribution in [0.1, 0.15) is 33.0 Å². The van der Waals surface area contributed by atoms with Gasteiger partial charge in [-0.25, -0.2) is 4.98 Å². The van der Waals surface area contributed by atoms with Crippen LogP contribution >= 0.6 is 0 Å². The number of nitrogens with zero attached hydrogens (tertiary/aromatic N) is 3. The molecule has 0 aromatic carbocycles. The summed E-state index contributed by atoms with van der Waals surface area (Å²) < 4.78 is 12.7. The first kappa shape index (κ1) is 21.4. The fraction of sp³-hybridized carbons (Fsp3) is 0.409. The molecule has 1 atom stereocenters. The average molecular weight is 383 g/mol. The van der Waals surface area contributed by atoms with E-state index in [1.165, 1.54) is 0 Å². The molecule has 2 aromatic heterocycles. The molecule has 0 aliphatic rings. The number of aromatic nitrogens is 3. The lowest BCUT2D eigenvalue weighted by molar-refractivity contribution is 0.285. The van der Waals surface area contributed by atoms with E-state index in [2.05, 4.69) is 23.0 Å². The Morgan fingerprint density at radius 2 is 2.14 bits per heavy atom. The van der Waals surface area contributed by atoms with Crippen LogP contribution in [-0.2, 0) is 11.3 Å². The largest absolute Gasteiger partial charge is 0.501 e. The van der Waals surface area contributed by atoms with Crippen molar-refractivity contribution in [2.24, 2.45) is 5.92 Å². The summed E-state index contributed by atoms with van der Waals surface area (Å²) in [6.45, 7) is 8.97. The lowest BCUT2D eigenvalue weighted by Crippen LogP contribution is -2.17. The fourth-order valence-corrected chi connectivity index (χ4v) is 2.58. The van der Waals surface area contributed by atoms with Crippen LogP contribution in [0.3, 0.4) is 0 Å². The van der Waals surface area contributed by atoms with E-state index in [4.69, 9.17) is 9.47 Å². The molecule has 0 aliphatic heterocycles. The van der Waals surface area contributed by atoms with Gasteiger partial charge in [0.15, 0.2) is 0 Å². The lowest BCUT2D eigenvalue weighted by Gasteiger charge is -2.13. The summed E-state index contributed by atoms with van der Waals surface area (Å²) in [5.41, 5.74) is 1.62. The van der Waals surface area contributed by atoms with Crippen molar-refractivity contribution in [1.29, 1.82) is 0 Å². The summed E-state index contributed by atoms with van der Waals surface area (Å²) in [5.74, 6) is 2.42. The minimum Gasteiger partial charge on any atom is -0.501 e. The molecular weight excluding hydrogens is 354 g/mol. The molecule has 2 rings (SSSR count). The van der Waals surface area contributed by atoms with Crippen molar-refractivity contribution in [3.63, 3.8) is 0 Å².